The average molecular weight is 362 g/mol. The number of halogens is 3. The quantitative estimate of drug-likeness (QED) is 0.844. The summed E-state index contributed by atoms with van der Waals surface area (Å²) in [6.07, 6.45) is 0. The van der Waals surface area contributed by atoms with Crippen molar-refractivity contribution in [3.63, 3.8) is 0 Å². The van der Waals surface area contributed by atoms with Crippen molar-refractivity contribution in [2.75, 3.05) is 4.72 Å². The highest BCUT2D eigenvalue weighted by Gasteiger charge is 2.16. The zero-order chi connectivity index (χ0) is 14.8. The normalized spacial score (nSPS) is 11.3. The van der Waals surface area contributed by atoms with Gasteiger partial charge in [-0.2, -0.15) is 0 Å². The molecule has 2 aromatic carbocycles. The fraction of sp³-hybridized carbons (Fsp3) is 0.0769. The second-order valence-electron chi connectivity index (χ2n) is 4.01. The molecule has 0 spiro atoms. The third kappa shape index (κ3) is 3.34. The van der Waals surface area contributed by atoms with Gasteiger partial charge in [-0.05, 0) is 29.8 Å². The summed E-state index contributed by atoms with van der Waals surface area (Å²) in [4.78, 5) is 0.00549. The Hall–Kier alpha value is -1.47. The molecule has 1 N–H and O–H groups in total. The van der Waals surface area contributed by atoms with Gasteiger partial charge in [-0.15, -0.1) is 0 Å². The van der Waals surface area contributed by atoms with E-state index in [9.17, 15) is 17.2 Å². The van der Waals surface area contributed by atoms with Crippen molar-refractivity contribution in [3.05, 3.63) is 59.7 Å². The molecule has 0 radical (unpaired) electrons. The fourth-order valence-corrected chi connectivity index (χ4v) is 2.97. The van der Waals surface area contributed by atoms with Crippen molar-refractivity contribution in [1.82, 2.24) is 0 Å². The van der Waals surface area contributed by atoms with Gasteiger partial charge >= 0.3 is 0 Å². The van der Waals surface area contributed by atoms with E-state index in [4.69, 9.17) is 0 Å². The van der Waals surface area contributed by atoms with Crippen LogP contribution in [0, 0.1) is 11.6 Å². The fourth-order valence-electron chi connectivity index (χ4n) is 1.53. The lowest BCUT2D eigenvalue weighted by molar-refractivity contribution is 0.583. The average Bonchev–Trinajstić information content (AvgIpc) is 2.42. The maximum atomic E-state index is 13.4. The van der Waals surface area contributed by atoms with Gasteiger partial charge in [0.05, 0.1) is 10.6 Å². The first kappa shape index (κ1) is 14.9. The Labute approximate surface area is 123 Å². The molecule has 0 bridgehead atoms. The molecule has 0 saturated carbocycles. The van der Waals surface area contributed by atoms with Crippen molar-refractivity contribution in [1.29, 1.82) is 0 Å². The zero-order valence-electron chi connectivity index (χ0n) is 10.1. The molecular formula is C13H10BrF2NO2S. The first-order valence-corrected chi connectivity index (χ1v) is 8.15. The van der Waals surface area contributed by atoms with Crippen molar-refractivity contribution in [2.45, 2.75) is 10.2 Å². The SMILES string of the molecule is O=S(=O)(Nc1ccc(F)cc1F)c1ccc(CBr)cc1. The van der Waals surface area contributed by atoms with E-state index in [-0.39, 0.29) is 10.6 Å². The molecule has 3 nitrogen and oxygen atoms in total. The van der Waals surface area contributed by atoms with Gasteiger partial charge in [0.25, 0.3) is 10.0 Å². The number of hydrogen-bond donors (Lipinski definition) is 1. The third-order valence-electron chi connectivity index (χ3n) is 2.56. The third-order valence-corrected chi connectivity index (χ3v) is 4.59. The molecule has 0 heterocycles. The topological polar surface area (TPSA) is 46.2 Å². The van der Waals surface area contributed by atoms with Gasteiger partial charge in [0.15, 0.2) is 0 Å². The Balaban J connectivity index is 2.30. The van der Waals surface area contributed by atoms with Gasteiger partial charge < -0.3 is 0 Å². The van der Waals surface area contributed by atoms with Gasteiger partial charge in [0.1, 0.15) is 11.6 Å². The van der Waals surface area contributed by atoms with E-state index in [1.807, 2.05) is 0 Å². The van der Waals surface area contributed by atoms with Crippen LogP contribution in [0.4, 0.5) is 14.5 Å². The molecule has 0 aliphatic heterocycles. The first-order chi connectivity index (χ1) is 9.42. The largest absolute Gasteiger partial charge is 0.277 e. The standard InChI is InChI=1S/C13H10BrF2NO2S/c14-8-9-1-4-11(5-2-9)20(18,19)17-13-6-3-10(15)7-12(13)16/h1-7,17H,8H2. The summed E-state index contributed by atoms with van der Waals surface area (Å²) in [5, 5.41) is 0.605. The van der Waals surface area contributed by atoms with Gasteiger partial charge in [-0.3, -0.25) is 4.72 Å². The predicted octanol–water partition coefficient (Wildman–Crippen LogP) is 3.66. The molecule has 0 saturated heterocycles. The number of hydrogen-bond acceptors (Lipinski definition) is 2. The Kier molecular flexibility index (Phi) is 4.39. The summed E-state index contributed by atoms with van der Waals surface area (Å²) in [6.45, 7) is 0. The van der Waals surface area contributed by atoms with Crippen LogP contribution in [0.3, 0.4) is 0 Å². The molecule has 20 heavy (non-hydrogen) atoms. The van der Waals surface area contributed by atoms with Crippen LogP contribution in [-0.2, 0) is 15.4 Å². The van der Waals surface area contributed by atoms with Crippen LogP contribution in [0.5, 0.6) is 0 Å². The Bertz CT molecular complexity index is 718. The van der Waals surface area contributed by atoms with E-state index in [0.29, 0.717) is 11.4 Å². The van der Waals surface area contributed by atoms with Crippen molar-refractivity contribution in [3.8, 4) is 0 Å². The first-order valence-electron chi connectivity index (χ1n) is 5.55. The molecule has 2 rings (SSSR count). The Morgan fingerprint density at radius 3 is 2.25 bits per heavy atom. The van der Waals surface area contributed by atoms with E-state index in [0.717, 1.165) is 17.7 Å². The molecule has 0 aliphatic rings. The molecular weight excluding hydrogens is 352 g/mol. The van der Waals surface area contributed by atoms with E-state index in [2.05, 4.69) is 20.7 Å². The Morgan fingerprint density at radius 1 is 1.05 bits per heavy atom. The smallest absolute Gasteiger partial charge is 0.261 e. The zero-order valence-corrected chi connectivity index (χ0v) is 12.5. The molecule has 0 fully saturated rings. The van der Waals surface area contributed by atoms with Crippen molar-refractivity contribution < 1.29 is 17.2 Å². The van der Waals surface area contributed by atoms with Crippen LogP contribution in [0.1, 0.15) is 5.56 Å². The van der Waals surface area contributed by atoms with E-state index in [1.54, 1.807) is 12.1 Å². The van der Waals surface area contributed by atoms with Crippen LogP contribution >= 0.6 is 15.9 Å². The monoisotopic (exact) mass is 361 g/mol. The lowest BCUT2D eigenvalue weighted by Crippen LogP contribution is -2.14. The number of alkyl halides is 1. The predicted molar refractivity (Wildman–Crippen MR) is 76.2 cm³/mol. The van der Waals surface area contributed by atoms with Gasteiger partial charge in [-0.25, -0.2) is 17.2 Å². The lowest BCUT2D eigenvalue weighted by atomic mass is 10.2. The second-order valence-corrected chi connectivity index (χ2v) is 6.25. The summed E-state index contributed by atoms with van der Waals surface area (Å²) >= 11 is 3.25. The van der Waals surface area contributed by atoms with Crippen LogP contribution < -0.4 is 4.72 Å². The summed E-state index contributed by atoms with van der Waals surface area (Å²) < 4.78 is 52.4. The van der Waals surface area contributed by atoms with Crippen LogP contribution in [0.15, 0.2) is 47.4 Å². The molecule has 0 aromatic heterocycles. The number of rotatable bonds is 4. The highest BCUT2D eigenvalue weighted by atomic mass is 79.9. The maximum absolute atomic E-state index is 13.4. The summed E-state index contributed by atoms with van der Waals surface area (Å²) in [5.41, 5.74) is 0.618. The molecule has 0 aliphatic carbocycles. The number of nitrogens with one attached hydrogen (secondary N) is 1. The van der Waals surface area contributed by atoms with E-state index in [1.165, 1.54) is 12.1 Å². The Morgan fingerprint density at radius 2 is 1.70 bits per heavy atom. The number of benzene rings is 2. The minimum atomic E-state index is -3.90. The number of anilines is 1. The van der Waals surface area contributed by atoms with Crippen LogP contribution in [-0.4, -0.2) is 8.42 Å². The lowest BCUT2D eigenvalue weighted by Gasteiger charge is -2.09. The molecule has 0 unspecified atom stereocenters. The highest BCUT2D eigenvalue weighted by molar-refractivity contribution is 9.08. The second kappa shape index (κ2) is 5.88. The minimum Gasteiger partial charge on any atom is -0.277 e. The minimum absolute atomic E-state index is 0.00549. The molecule has 0 atom stereocenters. The van der Waals surface area contributed by atoms with Crippen LogP contribution in [0.25, 0.3) is 0 Å². The maximum Gasteiger partial charge on any atom is 0.261 e. The molecule has 0 amide bonds. The molecule has 7 heteroatoms. The van der Waals surface area contributed by atoms with E-state index >= 15 is 0 Å². The van der Waals surface area contributed by atoms with Crippen molar-refractivity contribution in [2.24, 2.45) is 0 Å². The van der Waals surface area contributed by atoms with Gasteiger partial charge in [0.2, 0.25) is 0 Å². The summed E-state index contributed by atoms with van der Waals surface area (Å²) in [5.74, 6) is -1.74. The summed E-state index contributed by atoms with van der Waals surface area (Å²) in [7, 11) is -3.90. The van der Waals surface area contributed by atoms with Gasteiger partial charge in [-0.1, -0.05) is 28.1 Å². The molecule has 2 aromatic rings. The summed E-state index contributed by atoms with van der Waals surface area (Å²) in [6, 6.07) is 8.76. The number of sulfonamides is 1. The van der Waals surface area contributed by atoms with Crippen LogP contribution in [0.2, 0.25) is 0 Å². The van der Waals surface area contributed by atoms with Crippen molar-refractivity contribution >= 4 is 31.6 Å². The molecule has 106 valence electrons. The van der Waals surface area contributed by atoms with E-state index < -0.39 is 21.7 Å². The van der Waals surface area contributed by atoms with Gasteiger partial charge in [0, 0.05) is 11.4 Å². The highest BCUT2D eigenvalue weighted by Crippen LogP contribution is 2.20.